The molecule has 0 saturated heterocycles. The molecule has 10 heteroatoms. The number of azo groups is 1. The summed E-state index contributed by atoms with van der Waals surface area (Å²) in [5, 5.41) is 23.6. The molecule has 146 valence electrons. The predicted octanol–water partition coefficient (Wildman–Crippen LogP) is 5.70. The zero-order chi connectivity index (χ0) is 20.8. The zero-order valence-corrected chi connectivity index (χ0v) is 17.5. The van der Waals surface area contributed by atoms with Crippen LogP contribution in [0, 0.1) is 6.57 Å². The van der Waals surface area contributed by atoms with Crippen LogP contribution < -0.4 is 5.32 Å². The lowest BCUT2D eigenvalue weighted by atomic mass is 9.77. The van der Waals surface area contributed by atoms with Crippen LogP contribution >= 0.6 is 23.3 Å². The third kappa shape index (κ3) is 3.22. The molecule has 0 unspecified atom stereocenters. The molecule has 8 nitrogen and oxygen atoms in total. The monoisotopic (exact) mass is 424 g/mol. The van der Waals surface area contributed by atoms with E-state index in [9.17, 15) is 9.90 Å². The minimum absolute atomic E-state index is 0.114. The number of hydrogen-bond donors (Lipinski definition) is 2. The number of aromatic hydroxyl groups is 1. The molecule has 2 N–H and O–H groups in total. The van der Waals surface area contributed by atoms with E-state index in [4.69, 9.17) is 6.57 Å². The van der Waals surface area contributed by atoms with Gasteiger partial charge in [-0.1, -0.05) is 13.8 Å². The largest absolute Gasteiger partial charge is 0.508 e. The van der Waals surface area contributed by atoms with E-state index in [-0.39, 0.29) is 18.1 Å². The first-order valence-electron chi connectivity index (χ1n) is 8.63. The molecule has 0 spiro atoms. The maximum atomic E-state index is 12.1. The molecule has 0 saturated carbocycles. The minimum Gasteiger partial charge on any atom is -0.508 e. The molecule has 29 heavy (non-hydrogen) atoms. The second kappa shape index (κ2) is 7.09. The maximum Gasteiger partial charge on any atom is 0.245 e. The van der Waals surface area contributed by atoms with Crippen molar-refractivity contribution in [2.45, 2.75) is 30.7 Å². The van der Waals surface area contributed by atoms with Crippen molar-refractivity contribution < 1.29 is 9.90 Å². The van der Waals surface area contributed by atoms with Crippen LogP contribution in [0.4, 0.5) is 22.1 Å². The van der Waals surface area contributed by atoms with E-state index >= 15 is 0 Å². The highest BCUT2D eigenvalue weighted by Gasteiger charge is 2.36. The first-order chi connectivity index (χ1) is 13.9. The summed E-state index contributed by atoms with van der Waals surface area (Å²) in [7, 11) is 0. The van der Waals surface area contributed by atoms with Crippen LogP contribution in [-0.2, 0) is 10.2 Å². The molecule has 0 radical (unpaired) electrons. The number of carbonyl (C=O) groups excluding carboxylic acids is 1. The number of aromatic nitrogens is 2. The fraction of sp³-hybridized carbons (Fsp3) is 0.263. The number of phenolic OH excluding ortho intramolecular Hbond substituents is 1. The van der Waals surface area contributed by atoms with Gasteiger partial charge in [-0.15, -0.1) is 22.0 Å². The summed E-state index contributed by atoms with van der Waals surface area (Å²) in [6.07, 6.45) is 3.78. The van der Waals surface area contributed by atoms with Gasteiger partial charge in [-0.25, -0.2) is 9.22 Å². The Hall–Kier alpha value is -3.03. The average molecular weight is 425 g/mol. The molecule has 1 aliphatic rings. The fourth-order valence-corrected chi connectivity index (χ4v) is 4.61. The van der Waals surface area contributed by atoms with Crippen molar-refractivity contribution in [2.75, 3.05) is 11.6 Å². The summed E-state index contributed by atoms with van der Waals surface area (Å²) >= 11 is 2.52. The topological polar surface area (TPSA) is 104 Å². The van der Waals surface area contributed by atoms with Gasteiger partial charge in [0.15, 0.2) is 5.00 Å². The summed E-state index contributed by atoms with van der Waals surface area (Å²) in [5.74, 6) is -0.0223. The van der Waals surface area contributed by atoms with Gasteiger partial charge in [0.1, 0.15) is 16.5 Å². The van der Waals surface area contributed by atoms with Crippen molar-refractivity contribution in [3.63, 3.8) is 0 Å². The van der Waals surface area contributed by atoms with Gasteiger partial charge in [0.05, 0.1) is 17.8 Å². The first-order valence-corrected chi connectivity index (χ1v) is 10.6. The van der Waals surface area contributed by atoms with E-state index < -0.39 is 5.41 Å². The standard InChI is InChI=1S/C19H16N6O2S2/c1-19(2)7-12(27)22-15-10(5-6-11(26)13(15)19)23-24-17-9-8-21-18(28-4)16(20-3)14(9)25-29-17/h5-6,8,26H,7H2,1-2,4H3,(H,22,27). The molecular weight excluding hydrogens is 408 g/mol. The number of nitrogens with one attached hydrogen (secondary N) is 1. The molecule has 1 aromatic carbocycles. The summed E-state index contributed by atoms with van der Waals surface area (Å²) in [6, 6.07) is 3.16. The van der Waals surface area contributed by atoms with E-state index in [2.05, 4.69) is 29.7 Å². The molecule has 2 aromatic heterocycles. The number of nitrogens with zero attached hydrogens (tertiary/aromatic N) is 5. The lowest BCUT2D eigenvalue weighted by Crippen LogP contribution is -2.32. The van der Waals surface area contributed by atoms with E-state index in [1.165, 1.54) is 11.8 Å². The van der Waals surface area contributed by atoms with E-state index in [1.807, 2.05) is 20.1 Å². The van der Waals surface area contributed by atoms with Gasteiger partial charge in [-0.05, 0) is 29.9 Å². The van der Waals surface area contributed by atoms with Crippen LogP contribution in [0.3, 0.4) is 0 Å². The highest BCUT2D eigenvalue weighted by Crippen LogP contribution is 2.47. The molecule has 3 heterocycles. The number of fused-ring (bicyclic) bond motifs is 2. The molecule has 0 aliphatic carbocycles. The Labute approximate surface area is 175 Å². The molecule has 3 aromatic rings. The van der Waals surface area contributed by atoms with E-state index in [0.717, 1.165) is 11.5 Å². The number of rotatable bonds is 3. The second-order valence-electron chi connectivity index (χ2n) is 7.14. The average Bonchev–Trinajstić information content (AvgIpc) is 3.08. The number of benzene rings is 1. The molecule has 1 amide bonds. The molecule has 1 aliphatic heterocycles. The second-order valence-corrected chi connectivity index (χ2v) is 8.69. The number of amides is 1. The Bertz CT molecular complexity index is 1230. The van der Waals surface area contributed by atoms with Crippen LogP contribution in [0.25, 0.3) is 15.7 Å². The highest BCUT2D eigenvalue weighted by molar-refractivity contribution is 7.98. The van der Waals surface area contributed by atoms with Gasteiger partial charge in [0.25, 0.3) is 0 Å². The molecule has 0 atom stereocenters. The van der Waals surface area contributed by atoms with Gasteiger partial charge in [-0.2, -0.15) is 0 Å². The van der Waals surface area contributed by atoms with Crippen LogP contribution in [0.1, 0.15) is 25.8 Å². The van der Waals surface area contributed by atoms with Crippen LogP contribution in [0.15, 0.2) is 33.6 Å². The van der Waals surface area contributed by atoms with Gasteiger partial charge in [0, 0.05) is 29.0 Å². The normalized spacial score (nSPS) is 15.3. The number of pyridine rings is 1. The number of hydrogen-bond acceptors (Lipinski definition) is 8. The van der Waals surface area contributed by atoms with Crippen LogP contribution in [-0.4, -0.2) is 26.6 Å². The number of phenols is 1. The zero-order valence-electron chi connectivity index (χ0n) is 15.8. The molecular formula is C19H16N6O2S2. The van der Waals surface area contributed by atoms with Crippen molar-refractivity contribution in [1.82, 2.24) is 9.36 Å². The third-order valence-corrected chi connectivity index (χ3v) is 6.14. The molecule has 0 bridgehead atoms. The SMILES string of the molecule is [C-]#[N+]c1c(SC)ncc2c(N=Nc3ccc(O)c4c3NC(=O)CC4(C)C)snc12. The molecule has 0 fully saturated rings. The van der Waals surface area contributed by atoms with Crippen molar-refractivity contribution in [1.29, 1.82) is 0 Å². The van der Waals surface area contributed by atoms with E-state index in [0.29, 0.717) is 43.6 Å². The summed E-state index contributed by atoms with van der Waals surface area (Å²) in [5.41, 5.74) is 1.99. The fourth-order valence-electron chi connectivity index (χ4n) is 3.43. The van der Waals surface area contributed by atoms with Gasteiger partial charge >= 0.3 is 0 Å². The Morgan fingerprint density at radius 2 is 2.17 bits per heavy atom. The van der Waals surface area contributed by atoms with Crippen LogP contribution in [0.2, 0.25) is 0 Å². The third-order valence-electron chi connectivity index (χ3n) is 4.71. The first kappa shape index (κ1) is 19.3. The van der Waals surface area contributed by atoms with Gasteiger partial charge in [0.2, 0.25) is 11.6 Å². The smallest absolute Gasteiger partial charge is 0.245 e. The lowest BCUT2D eigenvalue weighted by molar-refractivity contribution is -0.117. The number of carbonyl (C=O) groups is 1. The Morgan fingerprint density at radius 3 is 2.90 bits per heavy atom. The summed E-state index contributed by atoms with van der Waals surface area (Å²) in [4.78, 5) is 20.0. The van der Waals surface area contributed by atoms with Crippen molar-refractivity contribution in [3.05, 3.63) is 35.3 Å². The van der Waals surface area contributed by atoms with Crippen molar-refractivity contribution in [3.8, 4) is 5.75 Å². The van der Waals surface area contributed by atoms with Crippen LogP contribution in [0.5, 0.6) is 5.75 Å². The van der Waals surface area contributed by atoms with Gasteiger partial charge < -0.3 is 10.4 Å². The summed E-state index contributed by atoms with van der Waals surface area (Å²) < 4.78 is 4.36. The number of thioether (sulfide) groups is 1. The predicted molar refractivity (Wildman–Crippen MR) is 114 cm³/mol. The number of anilines is 1. The maximum absolute atomic E-state index is 12.1. The Morgan fingerprint density at radius 1 is 1.38 bits per heavy atom. The Balaban J connectivity index is 1.80. The summed E-state index contributed by atoms with van der Waals surface area (Å²) in [6.45, 7) is 11.2. The van der Waals surface area contributed by atoms with Crippen molar-refractivity contribution >= 4 is 62.2 Å². The highest BCUT2D eigenvalue weighted by atomic mass is 32.2. The Kier molecular flexibility index (Phi) is 4.72. The van der Waals surface area contributed by atoms with E-state index in [1.54, 1.807) is 18.3 Å². The quantitative estimate of drug-likeness (QED) is 0.319. The molecule has 4 rings (SSSR count). The minimum atomic E-state index is -0.521. The van der Waals surface area contributed by atoms with Gasteiger partial charge in [-0.3, -0.25) is 9.78 Å². The van der Waals surface area contributed by atoms with Crippen molar-refractivity contribution in [2.24, 2.45) is 10.2 Å². The lowest BCUT2D eigenvalue weighted by Gasteiger charge is -2.33.